The second kappa shape index (κ2) is 7.99. The number of carbonyl (C=O) groups is 1. The van der Waals surface area contributed by atoms with Gasteiger partial charge in [-0.05, 0) is 52.0 Å². The summed E-state index contributed by atoms with van der Waals surface area (Å²) >= 11 is 0. The quantitative estimate of drug-likeness (QED) is 0.697. The van der Waals surface area contributed by atoms with Crippen LogP contribution in [0.1, 0.15) is 53.4 Å². The standard InChI is InChI=1S/C16H31NO3/c1-6-19-15(18)16(17-5)10-7-8-14(16)9-11-20-13(4)12(2)3/h12-14,17H,6-11H2,1-5H3. The van der Waals surface area contributed by atoms with Crippen LogP contribution in [0.15, 0.2) is 0 Å². The van der Waals surface area contributed by atoms with Crippen LogP contribution in [-0.2, 0) is 14.3 Å². The topological polar surface area (TPSA) is 47.6 Å². The molecule has 0 aromatic carbocycles. The van der Waals surface area contributed by atoms with Crippen LogP contribution in [0.2, 0.25) is 0 Å². The highest BCUT2D eigenvalue weighted by Crippen LogP contribution is 2.38. The van der Waals surface area contributed by atoms with Crippen molar-refractivity contribution in [3.05, 3.63) is 0 Å². The maximum absolute atomic E-state index is 12.3. The van der Waals surface area contributed by atoms with Gasteiger partial charge in [-0.1, -0.05) is 20.3 Å². The predicted molar refractivity (Wildman–Crippen MR) is 80.6 cm³/mol. The van der Waals surface area contributed by atoms with Gasteiger partial charge in [-0.2, -0.15) is 0 Å². The Morgan fingerprint density at radius 1 is 1.40 bits per heavy atom. The predicted octanol–water partition coefficient (Wildman–Crippen LogP) is 2.76. The number of rotatable bonds is 8. The van der Waals surface area contributed by atoms with E-state index in [-0.39, 0.29) is 12.1 Å². The Balaban J connectivity index is 2.56. The second-order valence-corrected chi connectivity index (χ2v) is 6.14. The lowest BCUT2D eigenvalue weighted by Crippen LogP contribution is -2.54. The number of esters is 1. The van der Waals surface area contributed by atoms with Crippen molar-refractivity contribution >= 4 is 5.97 Å². The average molecular weight is 285 g/mol. The van der Waals surface area contributed by atoms with Crippen molar-refractivity contribution in [1.82, 2.24) is 5.32 Å². The summed E-state index contributed by atoms with van der Waals surface area (Å²) in [4.78, 5) is 12.3. The van der Waals surface area contributed by atoms with Gasteiger partial charge in [-0.3, -0.25) is 4.79 Å². The van der Waals surface area contributed by atoms with E-state index < -0.39 is 5.54 Å². The molecule has 0 spiro atoms. The van der Waals surface area contributed by atoms with Gasteiger partial charge >= 0.3 is 5.97 Å². The third-order valence-electron chi connectivity index (χ3n) is 4.69. The van der Waals surface area contributed by atoms with Crippen LogP contribution in [0.4, 0.5) is 0 Å². The lowest BCUT2D eigenvalue weighted by atomic mass is 9.85. The minimum Gasteiger partial charge on any atom is -0.465 e. The summed E-state index contributed by atoms with van der Waals surface area (Å²) in [6.07, 6.45) is 4.19. The van der Waals surface area contributed by atoms with Crippen LogP contribution in [0.5, 0.6) is 0 Å². The van der Waals surface area contributed by atoms with Crippen LogP contribution in [0.3, 0.4) is 0 Å². The highest BCUT2D eigenvalue weighted by atomic mass is 16.5. The average Bonchev–Trinajstić information content (AvgIpc) is 2.83. The zero-order valence-electron chi connectivity index (χ0n) is 13.7. The molecule has 0 amide bonds. The smallest absolute Gasteiger partial charge is 0.326 e. The van der Waals surface area contributed by atoms with Gasteiger partial charge in [0.1, 0.15) is 5.54 Å². The molecule has 0 saturated heterocycles. The van der Waals surface area contributed by atoms with Gasteiger partial charge in [-0.15, -0.1) is 0 Å². The molecule has 0 aromatic rings. The van der Waals surface area contributed by atoms with E-state index in [9.17, 15) is 4.79 Å². The molecule has 4 nitrogen and oxygen atoms in total. The van der Waals surface area contributed by atoms with E-state index >= 15 is 0 Å². The first-order valence-corrected chi connectivity index (χ1v) is 7.95. The van der Waals surface area contributed by atoms with Crippen molar-refractivity contribution in [2.75, 3.05) is 20.3 Å². The zero-order chi connectivity index (χ0) is 15.2. The Kier molecular flexibility index (Phi) is 6.96. The van der Waals surface area contributed by atoms with E-state index in [0.717, 1.165) is 25.7 Å². The van der Waals surface area contributed by atoms with Crippen molar-refractivity contribution < 1.29 is 14.3 Å². The fourth-order valence-electron chi connectivity index (χ4n) is 3.02. The van der Waals surface area contributed by atoms with Crippen LogP contribution >= 0.6 is 0 Å². The SMILES string of the molecule is CCOC(=O)C1(NC)CCCC1CCOC(C)C(C)C. The Bertz CT molecular complexity index is 306. The van der Waals surface area contributed by atoms with Crippen molar-refractivity contribution in [1.29, 1.82) is 0 Å². The second-order valence-electron chi connectivity index (χ2n) is 6.14. The molecule has 1 aliphatic carbocycles. The lowest BCUT2D eigenvalue weighted by Gasteiger charge is -2.33. The number of nitrogens with one attached hydrogen (secondary N) is 1. The molecule has 0 aromatic heterocycles. The lowest BCUT2D eigenvalue weighted by molar-refractivity contribution is -0.153. The minimum atomic E-state index is -0.500. The summed E-state index contributed by atoms with van der Waals surface area (Å²) < 4.78 is 11.1. The summed E-state index contributed by atoms with van der Waals surface area (Å²) in [5, 5.41) is 3.24. The van der Waals surface area contributed by atoms with Gasteiger partial charge in [0.25, 0.3) is 0 Å². The van der Waals surface area contributed by atoms with Crippen LogP contribution in [0, 0.1) is 11.8 Å². The first-order valence-electron chi connectivity index (χ1n) is 7.95. The zero-order valence-corrected chi connectivity index (χ0v) is 13.7. The number of ether oxygens (including phenoxy) is 2. The first-order chi connectivity index (χ1) is 9.47. The van der Waals surface area contributed by atoms with Crippen molar-refractivity contribution in [2.24, 2.45) is 11.8 Å². The molecule has 118 valence electrons. The Morgan fingerprint density at radius 2 is 2.10 bits per heavy atom. The van der Waals surface area contributed by atoms with Gasteiger partial charge in [0, 0.05) is 6.61 Å². The fraction of sp³-hybridized carbons (Fsp3) is 0.938. The van der Waals surface area contributed by atoms with E-state index in [1.807, 2.05) is 14.0 Å². The van der Waals surface area contributed by atoms with Gasteiger partial charge < -0.3 is 14.8 Å². The van der Waals surface area contributed by atoms with Gasteiger partial charge in [-0.25, -0.2) is 0 Å². The molecule has 20 heavy (non-hydrogen) atoms. The van der Waals surface area contributed by atoms with E-state index in [0.29, 0.717) is 25.0 Å². The van der Waals surface area contributed by atoms with Crippen LogP contribution in [-0.4, -0.2) is 37.9 Å². The highest BCUT2D eigenvalue weighted by Gasteiger charge is 2.48. The normalized spacial score (nSPS) is 27.8. The maximum atomic E-state index is 12.3. The molecule has 0 aliphatic heterocycles. The summed E-state index contributed by atoms with van der Waals surface area (Å²) in [5.41, 5.74) is -0.500. The molecule has 1 rings (SSSR count). The Labute approximate surface area is 123 Å². The minimum absolute atomic E-state index is 0.0955. The molecular formula is C16H31NO3. The molecule has 1 aliphatic rings. The summed E-state index contributed by atoms with van der Waals surface area (Å²) in [7, 11) is 1.87. The Hall–Kier alpha value is -0.610. The fourth-order valence-corrected chi connectivity index (χ4v) is 3.02. The Morgan fingerprint density at radius 3 is 2.65 bits per heavy atom. The van der Waals surface area contributed by atoms with E-state index in [1.54, 1.807) is 0 Å². The van der Waals surface area contributed by atoms with E-state index in [4.69, 9.17) is 9.47 Å². The summed E-state index contributed by atoms with van der Waals surface area (Å²) in [6.45, 7) is 9.45. The first kappa shape index (κ1) is 17.4. The largest absolute Gasteiger partial charge is 0.465 e. The molecule has 3 atom stereocenters. The van der Waals surface area contributed by atoms with Crippen molar-refractivity contribution in [2.45, 2.75) is 65.0 Å². The molecule has 4 heteroatoms. The summed E-state index contributed by atoms with van der Waals surface area (Å²) in [6, 6.07) is 0. The highest BCUT2D eigenvalue weighted by molar-refractivity contribution is 5.81. The van der Waals surface area contributed by atoms with Crippen LogP contribution in [0.25, 0.3) is 0 Å². The third kappa shape index (κ3) is 3.95. The van der Waals surface area contributed by atoms with Gasteiger partial charge in [0.2, 0.25) is 0 Å². The molecule has 1 N–H and O–H groups in total. The van der Waals surface area contributed by atoms with Crippen molar-refractivity contribution in [3.63, 3.8) is 0 Å². The number of hydrogen-bond donors (Lipinski definition) is 1. The van der Waals surface area contributed by atoms with E-state index in [1.165, 1.54) is 0 Å². The molecular weight excluding hydrogens is 254 g/mol. The monoisotopic (exact) mass is 285 g/mol. The molecule has 0 heterocycles. The number of hydrogen-bond acceptors (Lipinski definition) is 4. The molecule has 1 fully saturated rings. The summed E-state index contributed by atoms with van der Waals surface area (Å²) in [5.74, 6) is 0.741. The maximum Gasteiger partial charge on any atom is 0.326 e. The molecule has 0 radical (unpaired) electrons. The van der Waals surface area contributed by atoms with E-state index in [2.05, 4.69) is 26.1 Å². The van der Waals surface area contributed by atoms with Gasteiger partial charge in [0.05, 0.1) is 12.7 Å². The third-order valence-corrected chi connectivity index (χ3v) is 4.69. The van der Waals surface area contributed by atoms with Crippen LogP contribution < -0.4 is 5.32 Å². The molecule has 1 saturated carbocycles. The van der Waals surface area contributed by atoms with Gasteiger partial charge in [0.15, 0.2) is 0 Å². The number of likely N-dealkylation sites (N-methyl/N-ethyl adjacent to an activating group) is 1. The van der Waals surface area contributed by atoms with Crippen molar-refractivity contribution in [3.8, 4) is 0 Å². The molecule has 3 unspecified atom stereocenters. The number of carbonyl (C=O) groups excluding carboxylic acids is 1. The molecule has 0 bridgehead atoms.